The molecule has 0 spiro atoms. The van der Waals surface area contributed by atoms with Gasteiger partial charge < -0.3 is 4.18 Å². The molecule has 74 valence electrons. The van der Waals surface area contributed by atoms with Gasteiger partial charge in [0.15, 0.2) is 5.75 Å². The van der Waals surface area contributed by atoms with E-state index in [-0.39, 0.29) is 0 Å². The highest BCUT2D eigenvalue weighted by Crippen LogP contribution is 2.33. The molecule has 1 aliphatic heterocycles. The van der Waals surface area contributed by atoms with Crippen LogP contribution in [0.1, 0.15) is 12.5 Å². The lowest BCUT2D eigenvalue weighted by Crippen LogP contribution is -2.16. The Morgan fingerprint density at radius 3 is 2.86 bits per heavy atom. The fourth-order valence-corrected chi connectivity index (χ4v) is 2.63. The highest BCUT2D eigenvalue weighted by molar-refractivity contribution is 9.10. The molecule has 1 aromatic rings. The third-order valence-corrected chi connectivity index (χ3v) is 3.29. The van der Waals surface area contributed by atoms with E-state index in [0.717, 1.165) is 0 Å². The van der Waals surface area contributed by atoms with Gasteiger partial charge >= 0.3 is 10.3 Å². The first-order chi connectivity index (χ1) is 6.49. The molecule has 0 radical (unpaired) electrons. The number of rotatable bonds is 0. The van der Waals surface area contributed by atoms with Crippen LogP contribution in [0.5, 0.6) is 5.75 Å². The highest BCUT2D eigenvalue weighted by atomic mass is 79.9. The molecule has 0 fully saturated rings. The summed E-state index contributed by atoms with van der Waals surface area (Å²) in [6.07, 6.45) is 0. The minimum atomic E-state index is -3.81. The first-order valence-electron chi connectivity index (χ1n) is 3.79. The van der Waals surface area contributed by atoms with Crippen LogP contribution in [0.3, 0.4) is 0 Å². The van der Waals surface area contributed by atoms with E-state index >= 15 is 0 Å². The molecule has 0 unspecified atom stereocenters. The average molecular weight is 276 g/mol. The van der Waals surface area contributed by atoms with Crippen LogP contribution < -0.4 is 4.18 Å². The van der Waals surface area contributed by atoms with Crippen molar-refractivity contribution in [2.24, 2.45) is 4.40 Å². The molecule has 1 aliphatic rings. The van der Waals surface area contributed by atoms with Gasteiger partial charge in [0, 0.05) is 5.56 Å². The lowest BCUT2D eigenvalue weighted by atomic mass is 10.1. The molecule has 0 aliphatic carbocycles. The summed E-state index contributed by atoms with van der Waals surface area (Å²) in [4.78, 5) is 0. The summed E-state index contributed by atoms with van der Waals surface area (Å²) in [6.45, 7) is 1.63. The van der Waals surface area contributed by atoms with E-state index in [1.54, 1.807) is 25.1 Å². The fraction of sp³-hybridized carbons (Fsp3) is 0.125. The molecule has 1 heterocycles. The van der Waals surface area contributed by atoms with Crippen LogP contribution in [-0.2, 0) is 10.3 Å². The summed E-state index contributed by atoms with van der Waals surface area (Å²) in [5, 5.41) is 0. The molecule has 4 nitrogen and oxygen atoms in total. The smallest absolute Gasteiger partial charge is 0.364 e. The van der Waals surface area contributed by atoms with Gasteiger partial charge in [0.1, 0.15) is 0 Å². The first-order valence-corrected chi connectivity index (χ1v) is 5.95. The first kappa shape index (κ1) is 9.67. The number of hydrogen-bond donors (Lipinski definition) is 0. The van der Waals surface area contributed by atoms with Crippen molar-refractivity contribution in [1.29, 1.82) is 0 Å². The maximum absolute atomic E-state index is 11.1. The zero-order chi connectivity index (χ0) is 10.3. The second-order valence-corrected chi connectivity index (χ2v) is 4.86. The average Bonchev–Trinajstić information content (AvgIpc) is 2.05. The Morgan fingerprint density at radius 1 is 1.43 bits per heavy atom. The van der Waals surface area contributed by atoms with Crippen molar-refractivity contribution in [3.8, 4) is 5.75 Å². The van der Waals surface area contributed by atoms with Crippen molar-refractivity contribution < 1.29 is 12.6 Å². The van der Waals surface area contributed by atoms with Crippen LogP contribution in [0.15, 0.2) is 27.1 Å². The van der Waals surface area contributed by atoms with Gasteiger partial charge in [0.2, 0.25) is 0 Å². The molecule has 0 saturated heterocycles. The Bertz CT molecular complexity index is 521. The fourth-order valence-electron chi connectivity index (χ4n) is 1.22. The number of nitrogens with zero attached hydrogens (tertiary/aromatic N) is 1. The van der Waals surface area contributed by atoms with Gasteiger partial charge in [0.05, 0.1) is 10.2 Å². The Morgan fingerprint density at radius 2 is 2.14 bits per heavy atom. The summed E-state index contributed by atoms with van der Waals surface area (Å²) in [7, 11) is -3.81. The van der Waals surface area contributed by atoms with Crippen molar-refractivity contribution in [2.45, 2.75) is 6.92 Å². The van der Waals surface area contributed by atoms with Crippen LogP contribution in [0.25, 0.3) is 0 Å². The van der Waals surface area contributed by atoms with Crippen LogP contribution in [0.2, 0.25) is 0 Å². The minimum absolute atomic E-state index is 0.306. The number of para-hydroxylation sites is 1. The Balaban J connectivity index is 2.74. The van der Waals surface area contributed by atoms with Crippen molar-refractivity contribution in [3.63, 3.8) is 0 Å². The van der Waals surface area contributed by atoms with Gasteiger partial charge in [-0.25, -0.2) is 0 Å². The molecule has 0 aromatic heterocycles. The summed E-state index contributed by atoms with van der Waals surface area (Å²) in [5.41, 5.74) is 1.13. The normalized spacial score (nSPS) is 18.0. The minimum Gasteiger partial charge on any atom is -0.364 e. The molecule has 6 heteroatoms. The Labute approximate surface area is 90.0 Å². The molecular formula is C8H6BrNO3S. The summed E-state index contributed by atoms with van der Waals surface area (Å²) < 4.78 is 31.1. The third-order valence-electron chi connectivity index (χ3n) is 1.79. The summed E-state index contributed by atoms with van der Waals surface area (Å²) in [6, 6.07) is 5.27. The predicted octanol–water partition coefficient (Wildman–Crippen LogP) is 1.90. The van der Waals surface area contributed by atoms with Gasteiger partial charge in [-0.1, -0.05) is 6.07 Å². The van der Waals surface area contributed by atoms with E-state index in [4.69, 9.17) is 4.18 Å². The van der Waals surface area contributed by atoms with Gasteiger partial charge in [-0.2, -0.15) is 8.42 Å². The second-order valence-electron chi connectivity index (χ2n) is 2.80. The van der Waals surface area contributed by atoms with E-state index in [1.807, 2.05) is 0 Å². The Kier molecular flexibility index (Phi) is 2.11. The van der Waals surface area contributed by atoms with Gasteiger partial charge in [-0.3, -0.25) is 0 Å². The number of benzene rings is 1. The Hall–Kier alpha value is -0.880. The molecule has 0 atom stereocenters. The number of hydrogen-bond acceptors (Lipinski definition) is 3. The van der Waals surface area contributed by atoms with Gasteiger partial charge in [-0.15, -0.1) is 4.40 Å². The van der Waals surface area contributed by atoms with E-state index in [0.29, 0.717) is 21.5 Å². The zero-order valence-electron chi connectivity index (χ0n) is 7.19. The van der Waals surface area contributed by atoms with Crippen LogP contribution in [0, 0.1) is 0 Å². The third kappa shape index (κ3) is 1.55. The van der Waals surface area contributed by atoms with Gasteiger partial charge in [0.25, 0.3) is 0 Å². The number of halogens is 1. The van der Waals surface area contributed by atoms with E-state index in [1.165, 1.54) is 0 Å². The monoisotopic (exact) mass is 275 g/mol. The van der Waals surface area contributed by atoms with Crippen LogP contribution in [-0.4, -0.2) is 14.1 Å². The maximum Gasteiger partial charge on any atom is 0.428 e. The van der Waals surface area contributed by atoms with Gasteiger partial charge in [-0.05, 0) is 35.0 Å². The predicted molar refractivity (Wildman–Crippen MR) is 55.9 cm³/mol. The molecule has 0 N–H and O–H groups in total. The molecule has 2 rings (SSSR count). The maximum atomic E-state index is 11.1. The lowest BCUT2D eigenvalue weighted by Gasteiger charge is -2.15. The molecule has 0 bridgehead atoms. The van der Waals surface area contributed by atoms with Crippen molar-refractivity contribution in [3.05, 3.63) is 28.2 Å². The molecular weight excluding hydrogens is 270 g/mol. The molecule has 14 heavy (non-hydrogen) atoms. The molecule has 0 saturated carbocycles. The van der Waals surface area contributed by atoms with Crippen molar-refractivity contribution >= 4 is 31.9 Å². The van der Waals surface area contributed by atoms with Crippen LogP contribution in [0.4, 0.5) is 0 Å². The molecule has 1 aromatic carbocycles. The highest BCUT2D eigenvalue weighted by Gasteiger charge is 2.24. The standard InChI is InChI=1S/C8H6BrNO3S/c1-5-6-3-2-4-7(9)8(6)13-14(11,12)10-5/h2-4H,1H3. The molecule has 0 amide bonds. The van der Waals surface area contributed by atoms with Crippen molar-refractivity contribution in [1.82, 2.24) is 0 Å². The van der Waals surface area contributed by atoms with Crippen LogP contribution >= 0.6 is 15.9 Å². The zero-order valence-corrected chi connectivity index (χ0v) is 9.59. The van der Waals surface area contributed by atoms with Crippen molar-refractivity contribution in [2.75, 3.05) is 0 Å². The summed E-state index contributed by atoms with van der Waals surface area (Å²) >= 11 is 3.22. The van der Waals surface area contributed by atoms with E-state index < -0.39 is 10.3 Å². The number of fused-ring (bicyclic) bond motifs is 1. The van der Waals surface area contributed by atoms with E-state index in [9.17, 15) is 8.42 Å². The SMILES string of the molecule is CC1=NS(=O)(=O)Oc2c(Br)cccc21. The lowest BCUT2D eigenvalue weighted by molar-refractivity contribution is 0.483. The topological polar surface area (TPSA) is 55.7 Å². The summed E-state index contributed by atoms with van der Waals surface area (Å²) in [5.74, 6) is 0.306. The van der Waals surface area contributed by atoms with E-state index in [2.05, 4.69) is 20.3 Å². The quantitative estimate of drug-likeness (QED) is 0.727. The second kappa shape index (κ2) is 3.06. The largest absolute Gasteiger partial charge is 0.428 e.